The van der Waals surface area contributed by atoms with Gasteiger partial charge in [-0.25, -0.2) is 9.59 Å². The second-order valence-corrected chi connectivity index (χ2v) is 6.48. The van der Waals surface area contributed by atoms with E-state index >= 15 is 0 Å². The van der Waals surface area contributed by atoms with Gasteiger partial charge >= 0.3 is 12.1 Å². The van der Waals surface area contributed by atoms with E-state index in [2.05, 4.69) is 21.2 Å². The smallest absolute Gasteiger partial charge is 0.407 e. The van der Waals surface area contributed by atoms with Crippen molar-refractivity contribution >= 4 is 39.3 Å². The van der Waals surface area contributed by atoms with Gasteiger partial charge in [-0.3, -0.25) is 0 Å². The van der Waals surface area contributed by atoms with E-state index in [1.54, 1.807) is 25.2 Å². The van der Waals surface area contributed by atoms with Gasteiger partial charge in [0.15, 0.2) is 0 Å². The Morgan fingerprint density at radius 2 is 2.15 bits per heavy atom. The predicted octanol–water partition coefficient (Wildman–Crippen LogP) is 3.12. The lowest BCUT2D eigenvalue weighted by atomic mass is 10.3. The Kier molecular flexibility index (Phi) is 7.61. The zero-order valence-electron chi connectivity index (χ0n) is 11.5. The zero-order valence-corrected chi connectivity index (χ0v) is 13.9. The van der Waals surface area contributed by atoms with E-state index in [-0.39, 0.29) is 6.61 Å². The van der Waals surface area contributed by atoms with E-state index < -0.39 is 18.2 Å². The summed E-state index contributed by atoms with van der Waals surface area (Å²) in [6, 6.07) is 3.96. The second kappa shape index (κ2) is 8.97. The van der Waals surface area contributed by atoms with Crippen LogP contribution in [0.3, 0.4) is 0 Å². The molecule has 1 aromatic rings. The van der Waals surface area contributed by atoms with Crippen molar-refractivity contribution in [3.05, 3.63) is 20.8 Å². The molecular weight excluding hydrogens is 346 g/mol. The molecule has 0 aliphatic rings. The molecule has 0 aliphatic heterocycles. The maximum Gasteiger partial charge on any atom is 0.407 e. The average molecular weight is 364 g/mol. The molecule has 1 unspecified atom stereocenters. The molecule has 1 heterocycles. The first kappa shape index (κ1) is 17.0. The molecule has 1 amide bonds. The molecule has 0 bridgehead atoms. The van der Waals surface area contributed by atoms with Crippen LogP contribution in [0.2, 0.25) is 0 Å². The Balaban J connectivity index is 2.29. The van der Waals surface area contributed by atoms with Gasteiger partial charge < -0.3 is 14.8 Å². The Hall–Kier alpha value is -1.08. The third-order valence-electron chi connectivity index (χ3n) is 2.44. The number of carbonyl (C=O) groups excluding carboxylic acids is 2. The lowest BCUT2D eigenvalue weighted by Crippen LogP contribution is -2.34. The Bertz CT molecular complexity index is 449. The van der Waals surface area contributed by atoms with Gasteiger partial charge in [0.1, 0.15) is 0 Å². The molecule has 0 fully saturated rings. The van der Waals surface area contributed by atoms with Crippen molar-refractivity contribution in [3.8, 4) is 0 Å². The van der Waals surface area contributed by atoms with Gasteiger partial charge in [0, 0.05) is 11.4 Å². The van der Waals surface area contributed by atoms with Crippen molar-refractivity contribution in [1.29, 1.82) is 0 Å². The predicted molar refractivity (Wildman–Crippen MR) is 80.9 cm³/mol. The van der Waals surface area contributed by atoms with Gasteiger partial charge in [-0.2, -0.15) is 0 Å². The molecule has 0 aliphatic carbocycles. The summed E-state index contributed by atoms with van der Waals surface area (Å²) in [6.45, 7) is 4.21. The summed E-state index contributed by atoms with van der Waals surface area (Å²) >= 11 is 5.00. The van der Waals surface area contributed by atoms with Gasteiger partial charge in [-0.1, -0.05) is 6.92 Å². The lowest BCUT2D eigenvalue weighted by Gasteiger charge is -2.14. The summed E-state index contributed by atoms with van der Waals surface area (Å²) in [4.78, 5) is 24.2. The zero-order chi connectivity index (χ0) is 15.0. The first-order chi connectivity index (χ1) is 9.56. The summed E-state index contributed by atoms with van der Waals surface area (Å²) in [7, 11) is 0. The molecule has 1 atom stereocenters. The van der Waals surface area contributed by atoms with E-state index in [1.165, 1.54) is 0 Å². The first-order valence-electron chi connectivity index (χ1n) is 6.42. The quantitative estimate of drug-likeness (QED) is 0.755. The topological polar surface area (TPSA) is 64.6 Å². The molecule has 112 valence electrons. The molecule has 0 radical (unpaired) electrons. The number of ether oxygens (including phenoxy) is 2. The van der Waals surface area contributed by atoms with E-state index in [9.17, 15) is 9.59 Å². The normalized spacial score (nSPS) is 11.8. The molecule has 1 rings (SSSR count). The maximum absolute atomic E-state index is 11.6. The third kappa shape index (κ3) is 5.92. The van der Waals surface area contributed by atoms with Crippen LogP contribution >= 0.6 is 27.3 Å². The fourth-order valence-electron chi connectivity index (χ4n) is 1.48. The molecule has 20 heavy (non-hydrogen) atoms. The molecule has 0 saturated heterocycles. The number of alkyl carbamates (subject to hydrolysis) is 1. The van der Waals surface area contributed by atoms with E-state index in [0.29, 0.717) is 13.0 Å². The molecule has 7 heteroatoms. The fraction of sp³-hybridized carbons (Fsp3) is 0.538. The van der Waals surface area contributed by atoms with Crippen LogP contribution in [0.4, 0.5) is 4.79 Å². The van der Waals surface area contributed by atoms with Crippen molar-refractivity contribution in [2.24, 2.45) is 0 Å². The standard InChI is InChI=1S/C13H18BrNO4S/c1-3-10(12(16)18-4-2)19-13(17)15-8-7-9-5-6-11(14)20-9/h5-6,10H,3-4,7-8H2,1-2H3,(H,15,17). The summed E-state index contributed by atoms with van der Waals surface area (Å²) in [5, 5.41) is 2.62. The highest BCUT2D eigenvalue weighted by molar-refractivity contribution is 9.11. The van der Waals surface area contributed by atoms with Crippen LogP contribution in [0, 0.1) is 0 Å². The van der Waals surface area contributed by atoms with Crippen LogP contribution in [0.5, 0.6) is 0 Å². The number of carbonyl (C=O) groups is 2. The van der Waals surface area contributed by atoms with Crippen molar-refractivity contribution < 1.29 is 19.1 Å². The molecule has 0 aromatic carbocycles. The van der Waals surface area contributed by atoms with E-state index in [0.717, 1.165) is 15.1 Å². The highest BCUT2D eigenvalue weighted by Crippen LogP contribution is 2.22. The minimum Gasteiger partial charge on any atom is -0.463 e. The molecule has 0 spiro atoms. The van der Waals surface area contributed by atoms with Gasteiger partial charge in [0.05, 0.1) is 10.4 Å². The summed E-state index contributed by atoms with van der Waals surface area (Å²) in [6.07, 6.45) is -0.322. The van der Waals surface area contributed by atoms with Gasteiger partial charge in [-0.15, -0.1) is 11.3 Å². The van der Waals surface area contributed by atoms with Crippen LogP contribution in [-0.2, 0) is 20.7 Å². The number of rotatable bonds is 7. The molecule has 5 nitrogen and oxygen atoms in total. The van der Waals surface area contributed by atoms with Crippen LogP contribution in [-0.4, -0.2) is 31.3 Å². The number of halogens is 1. The number of hydrogen-bond donors (Lipinski definition) is 1. The average Bonchev–Trinajstić information content (AvgIpc) is 2.82. The molecule has 1 N–H and O–H groups in total. The Labute approximate surface area is 130 Å². The summed E-state index contributed by atoms with van der Waals surface area (Å²) in [5.74, 6) is -0.507. The first-order valence-corrected chi connectivity index (χ1v) is 8.03. The Morgan fingerprint density at radius 1 is 1.40 bits per heavy atom. The Morgan fingerprint density at radius 3 is 2.70 bits per heavy atom. The highest BCUT2D eigenvalue weighted by atomic mass is 79.9. The second-order valence-electron chi connectivity index (χ2n) is 3.94. The summed E-state index contributed by atoms with van der Waals surface area (Å²) in [5.41, 5.74) is 0. The van der Waals surface area contributed by atoms with Crippen LogP contribution in [0.1, 0.15) is 25.1 Å². The largest absolute Gasteiger partial charge is 0.463 e. The van der Waals surface area contributed by atoms with Gasteiger partial charge in [0.25, 0.3) is 0 Å². The number of nitrogens with one attached hydrogen (secondary N) is 1. The lowest BCUT2D eigenvalue weighted by molar-refractivity contribution is -0.153. The van der Waals surface area contributed by atoms with Crippen molar-refractivity contribution in [2.45, 2.75) is 32.8 Å². The molecule has 0 saturated carbocycles. The van der Waals surface area contributed by atoms with Gasteiger partial charge in [-0.05, 0) is 47.8 Å². The monoisotopic (exact) mass is 363 g/mol. The summed E-state index contributed by atoms with van der Waals surface area (Å²) < 4.78 is 10.9. The van der Waals surface area contributed by atoms with Crippen LogP contribution in [0.15, 0.2) is 15.9 Å². The van der Waals surface area contributed by atoms with E-state index in [4.69, 9.17) is 9.47 Å². The number of amides is 1. The van der Waals surface area contributed by atoms with Crippen molar-refractivity contribution in [3.63, 3.8) is 0 Å². The number of esters is 1. The minimum absolute atomic E-state index is 0.271. The fourth-order valence-corrected chi connectivity index (χ4v) is 2.96. The van der Waals surface area contributed by atoms with Crippen molar-refractivity contribution in [1.82, 2.24) is 5.32 Å². The molecule has 1 aromatic heterocycles. The van der Waals surface area contributed by atoms with Crippen LogP contribution in [0.25, 0.3) is 0 Å². The minimum atomic E-state index is -0.842. The third-order valence-corrected chi connectivity index (χ3v) is 4.12. The van der Waals surface area contributed by atoms with E-state index in [1.807, 2.05) is 12.1 Å². The van der Waals surface area contributed by atoms with Crippen LogP contribution < -0.4 is 5.32 Å². The number of hydrogen-bond acceptors (Lipinski definition) is 5. The molecular formula is C13H18BrNO4S. The maximum atomic E-state index is 11.6. The van der Waals surface area contributed by atoms with Gasteiger partial charge in [0.2, 0.25) is 6.10 Å². The highest BCUT2D eigenvalue weighted by Gasteiger charge is 2.21. The van der Waals surface area contributed by atoms with Crippen molar-refractivity contribution in [2.75, 3.05) is 13.2 Å². The SMILES string of the molecule is CCOC(=O)C(CC)OC(=O)NCCc1ccc(Br)s1. The number of thiophene rings is 1.